The molecule has 0 saturated heterocycles. The standard InChI is InChI=1S/C13H19ClO2/c1-13(2,16-3)9-12(15)8-10-4-6-11(14)7-5-10/h4-7,12,15H,8-9H2,1-3H3. The van der Waals surface area contributed by atoms with Crippen LogP contribution in [-0.2, 0) is 11.2 Å². The van der Waals surface area contributed by atoms with E-state index in [9.17, 15) is 5.11 Å². The van der Waals surface area contributed by atoms with E-state index in [-0.39, 0.29) is 5.60 Å². The molecule has 1 aromatic carbocycles. The summed E-state index contributed by atoms with van der Waals surface area (Å²) in [5.41, 5.74) is 0.801. The van der Waals surface area contributed by atoms with Gasteiger partial charge in [0.2, 0.25) is 0 Å². The zero-order chi connectivity index (χ0) is 12.2. The lowest BCUT2D eigenvalue weighted by molar-refractivity contribution is -0.0190. The summed E-state index contributed by atoms with van der Waals surface area (Å²) in [4.78, 5) is 0. The smallest absolute Gasteiger partial charge is 0.0647 e. The highest BCUT2D eigenvalue weighted by atomic mass is 35.5. The maximum Gasteiger partial charge on any atom is 0.0647 e. The van der Waals surface area contributed by atoms with Crippen LogP contribution in [0.2, 0.25) is 5.02 Å². The fourth-order valence-electron chi connectivity index (χ4n) is 1.62. The van der Waals surface area contributed by atoms with Gasteiger partial charge in [-0.3, -0.25) is 0 Å². The van der Waals surface area contributed by atoms with Crippen molar-refractivity contribution in [3.05, 3.63) is 34.9 Å². The summed E-state index contributed by atoms with van der Waals surface area (Å²) in [6, 6.07) is 7.55. The Balaban J connectivity index is 2.51. The van der Waals surface area contributed by atoms with Crippen molar-refractivity contribution in [1.82, 2.24) is 0 Å². The maximum absolute atomic E-state index is 9.93. The van der Waals surface area contributed by atoms with Crippen LogP contribution in [-0.4, -0.2) is 23.9 Å². The molecule has 0 fully saturated rings. The summed E-state index contributed by atoms with van der Waals surface area (Å²) < 4.78 is 5.28. The third-order valence-corrected chi connectivity index (χ3v) is 2.92. The molecule has 0 radical (unpaired) electrons. The largest absolute Gasteiger partial charge is 0.393 e. The Morgan fingerprint density at radius 3 is 2.38 bits per heavy atom. The average Bonchev–Trinajstić information content (AvgIpc) is 2.21. The van der Waals surface area contributed by atoms with Gasteiger partial charge >= 0.3 is 0 Å². The molecule has 16 heavy (non-hydrogen) atoms. The van der Waals surface area contributed by atoms with E-state index >= 15 is 0 Å². The zero-order valence-electron chi connectivity index (χ0n) is 10.0. The fourth-order valence-corrected chi connectivity index (χ4v) is 1.74. The Hall–Kier alpha value is -0.570. The molecule has 0 aliphatic heterocycles. The Morgan fingerprint density at radius 2 is 1.88 bits per heavy atom. The number of halogens is 1. The van der Waals surface area contributed by atoms with E-state index in [1.54, 1.807) is 7.11 Å². The molecule has 1 rings (SSSR count). The Labute approximate surface area is 102 Å². The summed E-state index contributed by atoms with van der Waals surface area (Å²) in [7, 11) is 1.66. The van der Waals surface area contributed by atoms with Crippen LogP contribution in [0.5, 0.6) is 0 Å². The van der Waals surface area contributed by atoms with Gasteiger partial charge in [-0.15, -0.1) is 0 Å². The summed E-state index contributed by atoms with van der Waals surface area (Å²) in [6.07, 6.45) is 0.854. The van der Waals surface area contributed by atoms with Gasteiger partial charge in [-0.05, 0) is 38.0 Å². The van der Waals surface area contributed by atoms with Gasteiger partial charge in [0.15, 0.2) is 0 Å². The van der Waals surface area contributed by atoms with Crippen LogP contribution in [0.1, 0.15) is 25.8 Å². The van der Waals surface area contributed by atoms with E-state index in [0.717, 1.165) is 10.6 Å². The number of hydrogen-bond acceptors (Lipinski definition) is 2. The quantitative estimate of drug-likeness (QED) is 0.860. The Morgan fingerprint density at radius 1 is 1.31 bits per heavy atom. The van der Waals surface area contributed by atoms with Crippen molar-refractivity contribution in [2.45, 2.75) is 38.4 Å². The molecule has 1 aromatic rings. The van der Waals surface area contributed by atoms with Gasteiger partial charge in [-0.2, -0.15) is 0 Å². The first-order chi connectivity index (χ1) is 7.43. The summed E-state index contributed by atoms with van der Waals surface area (Å²) in [5.74, 6) is 0. The van der Waals surface area contributed by atoms with Gasteiger partial charge in [0.1, 0.15) is 0 Å². The molecule has 0 bridgehead atoms. The molecular weight excluding hydrogens is 224 g/mol. The second-order valence-corrected chi connectivity index (χ2v) is 5.09. The molecule has 0 spiro atoms. The summed E-state index contributed by atoms with van der Waals surface area (Å²) in [5, 5.41) is 10.6. The highest BCUT2D eigenvalue weighted by molar-refractivity contribution is 6.30. The van der Waals surface area contributed by atoms with Crippen LogP contribution in [0.25, 0.3) is 0 Å². The monoisotopic (exact) mass is 242 g/mol. The van der Waals surface area contributed by atoms with Gasteiger partial charge in [0.05, 0.1) is 11.7 Å². The lowest BCUT2D eigenvalue weighted by Gasteiger charge is -2.25. The van der Waals surface area contributed by atoms with Crippen LogP contribution < -0.4 is 0 Å². The molecule has 1 N–H and O–H groups in total. The van der Waals surface area contributed by atoms with Crippen molar-refractivity contribution in [3.8, 4) is 0 Å². The molecule has 1 atom stereocenters. The maximum atomic E-state index is 9.93. The van der Waals surface area contributed by atoms with Crippen LogP contribution in [0, 0.1) is 0 Å². The molecular formula is C13H19ClO2. The molecule has 0 aliphatic rings. The first-order valence-electron chi connectivity index (χ1n) is 5.40. The highest BCUT2D eigenvalue weighted by Crippen LogP contribution is 2.19. The highest BCUT2D eigenvalue weighted by Gasteiger charge is 2.21. The SMILES string of the molecule is COC(C)(C)CC(O)Cc1ccc(Cl)cc1. The average molecular weight is 243 g/mol. The number of aliphatic hydroxyl groups is 1. The van der Waals surface area contributed by atoms with Crippen molar-refractivity contribution < 1.29 is 9.84 Å². The minimum Gasteiger partial charge on any atom is -0.393 e. The molecule has 3 heteroatoms. The van der Waals surface area contributed by atoms with Crippen molar-refractivity contribution in [1.29, 1.82) is 0 Å². The van der Waals surface area contributed by atoms with Crippen molar-refractivity contribution in [2.24, 2.45) is 0 Å². The van der Waals surface area contributed by atoms with E-state index in [1.807, 2.05) is 38.1 Å². The van der Waals surface area contributed by atoms with Gasteiger partial charge < -0.3 is 9.84 Å². The second kappa shape index (κ2) is 5.67. The third-order valence-electron chi connectivity index (χ3n) is 2.66. The first kappa shape index (κ1) is 13.5. The predicted octanol–water partition coefficient (Wildman–Crippen LogP) is 3.06. The molecule has 0 heterocycles. The molecule has 0 saturated carbocycles. The number of aliphatic hydroxyl groups excluding tert-OH is 1. The van der Waals surface area contributed by atoms with E-state index in [0.29, 0.717) is 12.8 Å². The number of hydrogen-bond donors (Lipinski definition) is 1. The normalized spacial score (nSPS) is 13.8. The number of ether oxygens (including phenoxy) is 1. The number of benzene rings is 1. The van der Waals surface area contributed by atoms with Gasteiger partial charge in [-0.25, -0.2) is 0 Å². The zero-order valence-corrected chi connectivity index (χ0v) is 10.8. The first-order valence-corrected chi connectivity index (χ1v) is 5.78. The molecule has 1 unspecified atom stereocenters. The minimum atomic E-state index is -0.392. The summed E-state index contributed by atoms with van der Waals surface area (Å²) in [6.45, 7) is 3.94. The predicted molar refractivity (Wildman–Crippen MR) is 66.9 cm³/mol. The van der Waals surface area contributed by atoms with Crippen molar-refractivity contribution in [3.63, 3.8) is 0 Å². The van der Waals surface area contributed by atoms with Crippen LogP contribution in [0.15, 0.2) is 24.3 Å². The molecule has 0 amide bonds. The Kier molecular flexibility index (Phi) is 4.78. The molecule has 0 aromatic heterocycles. The van der Waals surface area contributed by atoms with E-state index in [2.05, 4.69) is 0 Å². The van der Waals surface area contributed by atoms with Gasteiger partial charge in [0.25, 0.3) is 0 Å². The molecule has 2 nitrogen and oxygen atoms in total. The lowest BCUT2D eigenvalue weighted by Crippen LogP contribution is -2.29. The minimum absolute atomic E-state index is 0.286. The fraction of sp³-hybridized carbons (Fsp3) is 0.538. The molecule has 0 aliphatic carbocycles. The van der Waals surface area contributed by atoms with E-state index < -0.39 is 6.10 Å². The number of rotatable bonds is 5. The van der Waals surface area contributed by atoms with Crippen LogP contribution >= 0.6 is 11.6 Å². The van der Waals surface area contributed by atoms with Crippen molar-refractivity contribution >= 4 is 11.6 Å². The molecule has 90 valence electrons. The third kappa shape index (κ3) is 4.52. The Bertz CT molecular complexity index is 319. The second-order valence-electron chi connectivity index (χ2n) is 4.65. The lowest BCUT2D eigenvalue weighted by atomic mass is 9.96. The van der Waals surface area contributed by atoms with Crippen LogP contribution in [0.4, 0.5) is 0 Å². The van der Waals surface area contributed by atoms with Gasteiger partial charge in [0, 0.05) is 18.6 Å². The van der Waals surface area contributed by atoms with Crippen molar-refractivity contribution in [2.75, 3.05) is 7.11 Å². The van der Waals surface area contributed by atoms with E-state index in [4.69, 9.17) is 16.3 Å². The summed E-state index contributed by atoms with van der Waals surface area (Å²) >= 11 is 5.79. The number of methoxy groups -OCH3 is 1. The van der Waals surface area contributed by atoms with Crippen LogP contribution in [0.3, 0.4) is 0 Å². The van der Waals surface area contributed by atoms with Gasteiger partial charge in [-0.1, -0.05) is 23.7 Å². The topological polar surface area (TPSA) is 29.5 Å². The van der Waals surface area contributed by atoms with E-state index in [1.165, 1.54) is 0 Å².